The molecule has 0 aliphatic carbocycles. The van der Waals surface area contributed by atoms with Crippen molar-refractivity contribution in [3.63, 3.8) is 0 Å². The molecule has 0 saturated carbocycles. The Labute approximate surface area is 159 Å². The molecule has 2 aromatic rings. The normalized spacial score (nSPS) is 20.6. The van der Waals surface area contributed by atoms with E-state index in [1.165, 1.54) is 23.9 Å². The Bertz CT molecular complexity index is 779. The van der Waals surface area contributed by atoms with E-state index in [0.717, 1.165) is 44.7 Å². The SMILES string of the molecule is COCCn1nc(C2CCCCN2Cc2ccncc2F)c2c1CCOC2. The number of ether oxygens (including phenoxy) is 2. The number of halogens is 1. The maximum absolute atomic E-state index is 14.1. The summed E-state index contributed by atoms with van der Waals surface area (Å²) in [6, 6.07) is 1.97. The van der Waals surface area contributed by atoms with Crippen molar-refractivity contribution in [1.82, 2.24) is 19.7 Å². The van der Waals surface area contributed by atoms with Gasteiger partial charge in [0, 0.05) is 43.1 Å². The molecule has 0 aromatic carbocycles. The Hall–Kier alpha value is -1.83. The second kappa shape index (κ2) is 8.46. The largest absolute Gasteiger partial charge is 0.383 e. The Balaban J connectivity index is 1.63. The summed E-state index contributed by atoms with van der Waals surface area (Å²) in [5, 5.41) is 4.98. The first-order valence-electron chi connectivity index (χ1n) is 9.75. The van der Waals surface area contributed by atoms with Crippen LogP contribution >= 0.6 is 0 Å². The van der Waals surface area contributed by atoms with Gasteiger partial charge in [0.2, 0.25) is 0 Å². The van der Waals surface area contributed by atoms with Crippen molar-refractivity contribution in [1.29, 1.82) is 0 Å². The minimum absolute atomic E-state index is 0.200. The van der Waals surface area contributed by atoms with E-state index in [2.05, 4.69) is 14.6 Å². The first-order valence-corrected chi connectivity index (χ1v) is 9.75. The fourth-order valence-corrected chi connectivity index (χ4v) is 4.21. The van der Waals surface area contributed by atoms with Crippen LogP contribution in [0, 0.1) is 5.82 Å². The molecule has 1 atom stereocenters. The topological polar surface area (TPSA) is 52.4 Å². The third kappa shape index (κ3) is 3.90. The van der Waals surface area contributed by atoms with E-state index in [4.69, 9.17) is 14.6 Å². The highest BCUT2D eigenvalue weighted by atomic mass is 19.1. The summed E-state index contributed by atoms with van der Waals surface area (Å²) >= 11 is 0. The van der Waals surface area contributed by atoms with Gasteiger partial charge in [-0.1, -0.05) is 6.42 Å². The molecule has 1 fully saturated rings. The molecule has 2 aliphatic rings. The van der Waals surface area contributed by atoms with Crippen molar-refractivity contribution in [2.24, 2.45) is 0 Å². The Kier molecular flexibility index (Phi) is 5.80. The number of hydrogen-bond acceptors (Lipinski definition) is 5. The van der Waals surface area contributed by atoms with Gasteiger partial charge in [0.25, 0.3) is 0 Å². The molecule has 4 heterocycles. The number of pyridine rings is 1. The van der Waals surface area contributed by atoms with Crippen LogP contribution in [0.2, 0.25) is 0 Å². The van der Waals surface area contributed by atoms with Gasteiger partial charge in [0.05, 0.1) is 44.3 Å². The van der Waals surface area contributed by atoms with Crippen LogP contribution < -0.4 is 0 Å². The molecule has 7 heteroatoms. The van der Waals surface area contributed by atoms with Crippen LogP contribution in [-0.4, -0.2) is 46.5 Å². The first kappa shape index (κ1) is 18.5. The molecule has 6 nitrogen and oxygen atoms in total. The van der Waals surface area contributed by atoms with Crippen molar-refractivity contribution >= 4 is 0 Å². The van der Waals surface area contributed by atoms with E-state index in [1.807, 2.05) is 0 Å². The molecule has 2 aliphatic heterocycles. The lowest BCUT2D eigenvalue weighted by molar-refractivity contribution is 0.102. The van der Waals surface area contributed by atoms with Gasteiger partial charge >= 0.3 is 0 Å². The molecule has 4 rings (SSSR count). The fourth-order valence-electron chi connectivity index (χ4n) is 4.21. The van der Waals surface area contributed by atoms with Gasteiger partial charge in [0.1, 0.15) is 5.82 Å². The number of hydrogen-bond donors (Lipinski definition) is 0. The number of fused-ring (bicyclic) bond motifs is 1. The average Bonchev–Trinajstić information content (AvgIpc) is 3.07. The van der Waals surface area contributed by atoms with Crippen molar-refractivity contribution in [2.75, 3.05) is 26.9 Å². The summed E-state index contributed by atoms with van der Waals surface area (Å²) in [4.78, 5) is 6.23. The molecule has 0 spiro atoms. The standard InChI is InChI=1S/C20H27FN4O2/c1-26-11-9-25-18-6-10-27-14-16(18)20(23-25)19-4-2-3-8-24(19)13-15-5-7-22-12-17(15)21/h5,7,12,19H,2-4,6,8-11,13-14H2,1H3. The van der Waals surface area contributed by atoms with Crippen molar-refractivity contribution in [2.45, 2.75) is 51.4 Å². The van der Waals surface area contributed by atoms with Gasteiger partial charge < -0.3 is 9.47 Å². The predicted octanol–water partition coefficient (Wildman–Crippen LogP) is 2.86. The summed E-state index contributed by atoms with van der Waals surface area (Å²) in [7, 11) is 1.71. The highest BCUT2D eigenvalue weighted by Crippen LogP contribution is 2.36. The molecule has 27 heavy (non-hydrogen) atoms. The zero-order valence-electron chi connectivity index (χ0n) is 15.9. The predicted molar refractivity (Wildman–Crippen MR) is 98.7 cm³/mol. The van der Waals surface area contributed by atoms with Crippen LogP contribution in [0.1, 0.15) is 47.8 Å². The molecule has 146 valence electrons. The number of nitrogens with zero attached hydrogens (tertiary/aromatic N) is 4. The second-order valence-corrected chi connectivity index (χ2v) is 7.28. The lowest BCUT2D eigenvalue weighted by Crippen LogP contribution is -2.34. The monoisotopic (exact) mass is 374 g/mol. The second-order valence-electron chi connectivity index (χ2n) is 7.28. The molecule has 1 saturated heterocycles. The zero-order valence-corrected chi connectivity index (χ0v) is 15.9. The summed E-state index contributed by atoms with van der Waals surface area (Å²) in [5.41, 5.74) is 4.30. The smallest absolute Gasteiger partial charge is 0.145 e. The lowest BCUT2D eigenvalue weighted by Gasteiger charge is -2.35. The van der Waals surface area contributed by atoms with Gasteiger partial charge in [-0.25, -0.2) is 4.39 Å². The average molecular weight is 374 g/mol. The third-order valence-corrected chi connectivity index (χ3v) is 5.59. The van der Waals surface area contributed by atoms with Crippen LogP contribution in [-0.2, 0) is 35.6 Å². The molecule has 1 unspecified atom stereocenters. The Morgan fingerprint density at radius 3 is 3.15 bits per heavy atom. The van der Waals surface area contributed by atoms with Gasteiger partial charge in [-0.3, -0.25) is 14.6 Å². The molecule has 0 radical (unpaired) electrons. The summed E-state index contributed by atoms with van der Waals surface area (Å²) < 4.78 is 27.2. The number of likely N-dealkylation sites (tertiary alicyclic amines) is 1. The van der Waals surface area contributed by atoms with Gasteiger partial charge in [0.15, 0.2) is 0 Å². The van der Waals surface area contributed by atoms with Crippen LogP contribution in [0.25, 0.3) is 0 Å². The molecule has 0 N–H and O–H groups in total. The van der Waals surface area contributed by atoms with Crippen molar-refractivity contribution in [3.8, 4) is 0 Å². The quantitative estimate of drug-likeness (QED) is 0.778. The maximum Gasteiger partial charge on any atom is 0.145 e. The number of aromatic nitrogens is 3. The zero-order chi connectivity index (χ0) is 18.6. The van der Waals surface area contributed by atoms with Gasteiger partial charge in [-0.2, -0.15) is 5.10 Å². The van der Waals surface area contributed by atoms with E-state index in [0.29, 0.717) is 25.3 Å². The number of methoxy groups -OCH3 is 1. The number of piperidine rings is 1. The summed E-state index contributed by atoms with van der Waals surface area (Å²) in [5.74, 6) is -0.238. The van der Waals surface area contributed by atoms with Crippen molar-refractivity contribution < 1.29 is 13.9 Å². The van der Waals surface area contributed by atoms with E-state index in [1.54, 1.807) is 19.4 Å². The van der Waals surface area contributed by atoms with Crippen LogP contribution in [0.4, 0.5) is 4.39 Å². The maximum atomic E-state index is 14.1. The minimum atomic E-state index is -0.238. The van der Waals surface area contributed by atoms with Crippen LogP contribution in [0.15, 0.2) is 18.5 Å². The molecule has 2 aromatic heterocycles. The van der Waals surface area contributed by atoms with Crippen LogP contribution in [0.3, 0.4) is 0 Å². The van der Waals surface area contributed by atoms with Crippen LogP contribution in [0.5, 0.6) is 0 Å². The molecule has 0 bridgehead atoms. The molecule has 0 amide bonds. The third-order valence-electron chi connectivity index (χ3n) is 5.59. The van der Waals surface area contributed by atoms with E-state index in [-0.39, 0.29) is 11.9 Å². The van der Waals surface area contributed by atoms with Gasteiger partial charge in [-0.15, -0.1) is 0 Å². The van der Waals surface area contributed by atoms with Crippen molar-refractivity contribution in [3.05, 3.63) is 46.8 Å². The van der Waals surface area contributed by atoms with Gasteiger partial charge in [-0.05, 0) is 25.5 Å². The molecular weight excluding hydrogens is 347 g/mol. The highest BCUT2D eigenvalue weighted by molar-refractivity contribution is 5.30. The van der Waals surface area contributed by atoms with E-state index < -0.39 is 0 Å². The summed E-state index contributed by atoms with van der Waals surface area (Å²) in [6.07, 6.45) is 7.18. The summed E-state index contributed by atoms with van der Waals surface area (Å²) in [6.45, 7) is 4.29. The molecular formula is C20H27FN4O2. The van der Waals surface area contributed by atoms with E-state index >= 15 is 0 Å². The number of rotatable bonds is 6. The Morgan fingerprint density at radius 2 is 2.30 bits per heavy atom. The first-order chi connectivity index (χ1) is 13.3. The van der Waals surface area contributed by atoms with E-state index in [9.17, 15) is 4.39 Å². The fraction of sp³-hybridized carbons (Fsp3) is 0.600. The lowest BCUT2D eigenvalue weighted by atomic mass is 9.95. The Morgan fingerprint density at radius 1 is 1.37 bits per heavy atom. The highest BCUT2D eigenvalue weighted by Gasteiger charge is 2.32. The minimum Gasteiger partial charge on any atom is -0.383 e.